The fourth-order valence-electron chi connectivity index (χ4n) is 2.51. The number of morpholine rings is 1. The Morgan fingerprint density at radius 3 is 2.69 bits per heavy atom. The largest absolute Gasteiger partial charge is 0.379 e. The second kappa shape index (κ2) is 5.64. The van der Waals surface area contributed by atoms with E-state index in [0.29, 0.717) is 18.5 Å². The zero-order valence-corrected chi connectivity index (χ0v) is 10.2. The molecule has 92 valence electrons. The van der Waals surface area contributed by atoms with Crippen molar-refractivity contribution in [3.63, 3.8) is 0 Å². The van der Waals surface area contributed by atoms with Gasteiger partial charge in [0.1, 0.15) is 0 Å². The summed E-state index contributed by atoms with van der Waals surface area (Å²) in [5.41, 5.74) is 0. The fraction of sp³-hybridized carbons (Fsp3) is 0.917. The molecule has 0 radical (unpaired) electrons. The zero-order valence-electron chi connectivity index (χ0n) is 10.2. The molecule has 16 heavy (non-hydrogen) atoms. The van der Waals surface area contributed by atoms with Gasteiger partial charge in [0.15, 0.2) is 0 Å². The van der Waals surface area contributed by atoms with Crippen LogP contribution in [0.1, 0.15) is 26.2 Å². The standard InChI is InChI=1S/C12H22N2O2/c1-11-4-2-3-5-14(11)12(15)10-13-6-8-16-9-7-13/h11H,2-10H2,1H3. The number of ether oxygens (including phenoxy) is 1. The van der Waals surface area contributed by atoms with Crippen molar-refractivity contribution in [1.82, 2.24) is 9.80 Å². The highest BCUT2D eigenvalue weighted by atomic mass is 16.5. The Hall–Kier alpha value is -0.610. The molecule has 2 aliphatic rings. The van der Waals surface area contributed by atoms with Crippen LogP contribution in [0.2, 0.25) is 0 Å². The predicted molar refractivity (Wildman–Crippen MR) is 62.3 cm³/mol. The van der Waals surface area contributed by atoms with E-state index >= 15 is 0 Å². The van der Waals surface area contributed by atoms with Gasteiger partial charge >= 0.3 is 0 Å². The number of rotatable bonds is 2. The lowest BCUT2D eigenvalue weighted by Crippen LogP contribution is -2.49. The highest BCUT2D eigenvalue weighted by Crippen LogP contribution is 2.16. The van der Waals surface area contributed by atoms with E-state index in [2.05, 4.69) is 16.7 Å². The molecule has 0 aliphatic carbocycles. The van der Waals surface area contributed by atoms with Gasteiger partial charge in [-0.2, -0.15) is 0 Å². The topological polar surface area (TPSA) is 32.8 Å². The Bertz CT molecular complexity index is 239. The van der Waals surface area contributed by atoms with E-state index in [1.807, 2.05) is 0 Å². The molecule has 2 fully saturated rings. The average molecular weight is 226 g/mol. The maximum atomic E-state index is 12.1. The summed E-state index contributed by atoms with van der Waals surface area (Å²) in [6.45, 7) is 7.02. The van der Waals surface area contributed by atoms with Gasteiger partial charge in [-0.1, -0.05) is 0 Å². The summed E-state index contributed by atoms with van der Waals surface area (Å²) < 4.78 is 5.28. The third-order valence-corrected chi connectivity index (χ3v) is 3.59. The molecule has 0 aromatic carbocycles. The predicted octanol–water partition coefficient (Wildman–Crippen LogP) is 0.720. The Kier molecular flexibility index (Phi) is 4.18. The molecule has 0 bridgehead atoms. The molecule has 0 aromatic rings. The van der Waals surface area contributed by atoms with Crippen LogP contribution in [0.25, 0.3) is 0 Å². The van der Waals surface area contributed by atoms with E-state index in [1.54, 1.807) is 0 Å². The summed E-state index contributed by atoms with van der Waals surface area (Å²) in [7, 11) is 0. The van der Waals surface area contributed by atoms with Gasteiger partial charge in [0.25, 0.3) is 0 Å². The number of likely N-dealkylation sites (tertiary alicyclic amines) is 1. The monoisotopic (exact) mass is 226 g/mol. The van der Waals surface area contributed by atoms with Gasteiger partial charge in [-0.3, -0.25) is 9.69 Å². The molecule has 0 N–H and O–H groups in total. The summed E-state index contributed by atoms with van der Waals surface area (Å²) in [6, 6.07) is 0.433. The minimum atomic E-state index is 0.300. The molecular formula is C12H22N2O2. The summed E-state index contributed by atoms with van der Waals surface area (Å²) in [5, 5.41) is 0. The average Bonchev–Trinajstić information content (AvgIpc) is 2.31. The maximum Gasteiger partial charge on any atom is 0.236 e. The van der Waals surface area contributed by atoms with Gasteiger partial charge in [-0.05, 0) is 26.2 Å². The van der Waals surface area contributed by atoms with Gasteiger partial charge in [0, 0.05) is 25.7 Å². The Morgan fingerprint density at radius 1 is 1.25 bits per heavy atom. The SMILES string of the molecule is CC1CCCCN1C(=O)CN1CCOCC1. The molecule has 0 saturated carbocycles. The number of hydrogen-bond acceptors (Lipinski definition) is 3. The van der Waals surface area contributed by atoms with Crippen LogP contribution in [0.15, 0.2) is 0 Å². The van der Waals surface area contributed by atoms with E-state index in [4.69, 9.17) is 4.74 Å². The second-order valence-corrected chi connectivity index (χ2v) is 4.82. The second-order valence-electron chi connectivity index (χ2n) is 4.82. The lowest BCUT2D eigenvalue weighted by atomic mass is 10.0. The molecular weight excluding hydrogens is 204 g/mol. The summed E-state index contributed by atoms with van der Waals surface area (Å²) in [6.07, 6.45) is 3.59. The molecule has 1 amide bonds. The van der Waals surface area contributed by atoms with Crippen molar-refractivity contribution in [2.45, 2.75) is 32.2 Å². The van der Waals surface area contributed by atoms with E-state index in [9.17, 15) is 4.79 Å². The van der Waals surface area contributed by atoms with Crippen LogP contribution in [0.3, 0.4) is 0 Å². The molecule has 2 saturated heterocycles. The minimum absolute atomic E-state index is 0.300. The van der Waals surface area contributed by atoms with Crippen LogP contribution in [0.5, 0.6) is 0 Å². The normalized spacial score (nSPS) is 28.1. The lowest BCUT2D eigenvalue weighted by Gasteiger charge is -2.35. The minimum Gasteiger partial charge on any atom is -0.379 e. The maximum absolute atomic E-state index is 12.1. The summed E-state index contributed by atoms with van der Waals surface area (Å²) in [5.74, 6) is 0.300. The first-order valence-corrected chi connectivity index (χ1v) is 6.37. The molecule has 1 atom stereocenters. The van der Waals surface area contributed by atoms with E-state index in [-0.39, 0.29) is 0 Å². The van der Waals surface area contributed by atoms with Crippen LogP contribution in [0, 0.1) is 0 Å². The number of piperidine rings is 1. The van der Waals surface area contributed by atoms with Crippen LogP contribution in [-0.2, 0) is 9.53 Å². The number of carbonyl (C=O) groups is 1. The molecule has 1 unspecified atom stereocenters. The van der Waals surface area contributed by atoms with Gasteiger partial charge < -0.3 is 9.64 Å². The fourth-order valence-corrected chi connectivity index (χ4v) is 2.51. The highest BCUT2D eigenvalue weighted by molar-refractivity contribution is 5.78. The number of amides is 1. The molecule has 2 heterocycles. The smallest absolute Gasteiger partial charge is 0.236 e. The highest BCUT2D eigenvalue weighted by Gasteiger charge is 2.24. The Morgan fingerprint density at radius 2 is 2.00 bits per heavy atom. The van der Waals surface area contributed by atoms with Gasteiger partial charge in [-0.25, -0.2) is 0 Å². The molecule has 2 aliphatic heterocycles. The first-order valence-electron chi connectivity index (χ1n) is 6.37. The summed E-state index contributed by atoms with van der Waals surface area (Å²) >= 11 is 0. The van der Waals surface area contributed by atoms with Crippen molar-refractivity contribution in [3.8, 4) is 0 Å². The lowest BCUT2D eigenvalue weighted by molar-refractivity contribution is -0.136. The van der Waals surface area contributed by atoms with E-state index in [1.165, 1.54) is 12.8 Å². The first-order chi connectivity index (χ1) is 7.77. The zero-order chi connectivity index (χ0) is 11.4. The Balaban J connectivity index is 1.81. The van der Waals surface area contributed by atoms with Gasteiger partial charge in [-0.15, -0.1) is 0 Å². The van der Waals surface area contributed by atoms with Crippen molar-refractivity contribution in [2.75, 3.05) is 39.4 Å². The van der Waals surface area contributed by atoms with Crippen molar-refractivity contribution in [2.24, 2.45) is 0 Å². The first kappa shape index (κ1) is 11.9. The van der Waals surface area contributed by atoms with Crippen LogP contribution < -0.4 is 0 Å². The number of carbonyl (C=O) groups excluding carboxylic acids is 1. The Labute approximate surface area is 97.5 Å². The number of nitrogens with zero attached hydrogens (tertiary/aromatic N) is 2. The van der Waals surface area contributed by atoms with Crippen molar-refractivity contribution in [3.05, 3.63) is 0 Å². The molecule has 0 aromatic heterocycles. The van der Waals surface area contributed by atoms with Crippen LogP contribution in [0.4, 0.5) is 0 Å². The van der Waals surface area contributed by atoms with Crippen LogP contribution >= 0.6 is 0 Å². The molecule has 0 spiro atoms. The van der Waals surface area contributed by atoms with E-state index < -0.39 is 0 Å². The number of hydrogen-bond donors (Lipinski definition) is 0. The quantitative estimate of drug-likeness (QED) is 0.695. The molecule has 4 nitrogen and oxygen atoms in total. The third kappa shape index (κ3) is 2.95. The summed E-state index contributed by atoms with van der Waals surface area (Å²) in [4.78, 5) is 16.4. The third-order valence-electron chi connectivity index (χ3n) is 3.59. The van der Waals surface area contributed by atoms with Crippen LogP contribution in [-0.4, -0.2) is 61.1 Å². The molecule has 4 heteroatoms. The molecule has 2 rings (SSSR count). The van der Waals surface area contributed by atoms with Gasteiger partial charge in [0.05, 0.1) is 19.8 Å². The van der Waals surface area contributed by atoms with Crippen molar-refractivity contribution < 1.29 is 9.53 Å². The van der Waals surface area contributed by atoms with Crippen molar-refractivity contribution >= 4 is 5.91 Å². The van der Waals surface area contributed by atoms with Gasteiger partial charge in [0.2, 0.25) is 5.91 Å². The van der Waals surface area contributed by atoms with E-state index in [0.717, 1.165) is 39.3 Å². The van der Waals surface area contributed by atoms with Crippen molar-refractivity contribution in [1.29, 1.82) is 0 Å².